The highest BCUT2D eigenvalue weighted by molar-refractivity contribution is 6.08. The van der Waals surface area contributed by atoms with Gasteiger partial charge in [0.1, 0.15) is 13.0 Å². The van der Waals surface area contributed by atoms with Crippen LogP contribution in [-0.2, 0) is 15.7 Å². The van der Waals surface area contributed by atoms with Crippen LogP contribution < -0.4 is 10.6 Å². The topological polar surface area (TPSA) is 62.8 Å². The third-order valence-corrected chi connectivity index (χ3v) is 7.67. The molecule has 0 bridgehead atoms. The molecule has 4 aromatic rings. The third-order valence-electron chi connectivity index (χ3n) is 7.67. The highest BCUT2D eigenvalue weighted by Crippen LogP contribution is 2.32. The summed E-state index contributed by atoms with van der Waals surface area (Å²) in [6.07, 6.45) is -2.69. The zero-order chi connectivity index (χ0) is 30.9. The summed E-state index contributed by atoms with van der Waals surface area (Å²) >= 11 is 0. The maximum absolute atomic E-state index is 13.2. The maximum atomic E-state index is 13.2. The van der Waals surface area contributed by atoms with E-state index in [1.165, 1.54) is 12.1 Å². The number of anilines is 2. The molecule has 1 unspecified atom stereocenters. The molecular formula is C35H36F3N3O3. The van der Waals surface area contributed by atoms with Gasteiger partial charge in [0.15, 0.2) is 0 Å². The van der Waals surface area contributed by atoms with Crippen LogP contribution in [0.3, 0.4) is 0 Å². The average Bonchev–Trinajstić information content (AvgIpc) is 3.05. The van der Waals surface area contributed by atoms with Gasteiger partial charge in [0.05, 0.1) is 5.56 Å². The van der Waals surface area contributed by atoms with Gasteiger partial charge in [-0.3, -0.25) is 9.69 Å². The van der Waals surface area contributed by atoms with Crippen molar-refractivity contribution in [2.75, 3.05) is 37.1 Å². The van der Waals surface area contributed by atoms with E-state index >= 15 is 0 Å². The van der Waals surface area contributed by atoms with Crippen molar-refractivity contribution in [1.29, 1.82) is 0 Å². The molecule has 1 atom stereocenters. The van der Waals surface area contributed by atoms with Gasteiger partial charge in [-0.1, -0.05) is 60.7 Å². The van der Waals surface area contributed by atoms with Crippen LogP contribution in [0.4, 0.5) is 24.5 Å². The summed E-state index contributed by atoms with van der Waals surface area (Å²) in [6.45, 7) is 4.54. The molecule has 230 valence electrons. The Bertz CT molecular complexity index is 1490. The van der Waals surface area contributed by atoms with Gasteiger partial charge in [-0.25, -0.2) is 0 Å². The molecule has 1 amide bonds. The quantitative estimate of drug-likeness (QED) is 0.134. The first kappa shape index (κ1) is 31.3. The van der Waals surface area contributed by atoms with Crippen LogP contribution in [0.1, 0.15) is 47.5 Å². The van der Waals surface area contributed by atoms with E-state index in [0.29, 0.717) is 35.0 Å². The van der Waals surface area contributed by atoms with Crippen molar-refractivity contribution in [3.05, 3.63) is 120 Å². The number of carbonyl (C=O) groups excluding carboxylic acids is 1. The monoisotopic (exact) mass is 603 g/mol. The molecule has 5 rings (SSSR count). The summed E-state index contributed by atoms with van der Waals surface area (Å²) in [5.74, 6) is -0.340. The second-order valence-corrected chi connectivity index (χ2v) is 10.6. The fraction of sp³-hybridized carbons (Fsp3) is 0.286. The molecule has 0 spiro atoms. The fourth-order valence-electron chi connectivity index (χ4n) is 5.36. The maximum Gasteiger partial charge on any atom is 0.416 e. The van der Waals surface area contributed by atoms with Crippen molar-refractivity contribution in [2.45, 2.75) is 38.2 Å². The minimum Gasteiger partial charge on any atom is -0.382 e. The Morgan fingerprint density at radius 2 is 1.50 bits per heavy atom. The molecule has 1 fully saturated rings. The molecule has 0 radical (unpaired) electrons. The fourth-order valence-corrected chi connectivity index (χ4v) is 5.36. The van der Waals surface area contributed by atoms with E-state index in [2.05, 4.69) is 27.7 Å². The Hall–Kier alpha value is -4.18. The highest BCUT2D eigenvalue weighted by atomic mass is 19.4. The van der Waals surface area contributed by atoms with Gasteiger partial charge in [-0.15, -0.1) is 0 Å². The Labute approximate surface area is 255 Å². The Morgan fingerprint density at radius 1 is 0.864 bits per heavy atom. The van der Waals surface area contributed by atoms with E-state index in [1.807, 2.05) is 49.4 Å². The Balaban J connectivity index is 1.17. The van der Waals surface area contributed by atoms with Crippen LogP contribution in [0, 0.1) is 0 Å². The van der Waals surface area contributed by atoms with Gasteiger partial charge >= 0.3 is 6.18 Å². The van der Waals surface area contributed by atoms with E-state index in [9.17, 15) is 18.0 Å². The van der Waals surface area contributed by atoms with Gasteiger partial charge in [-0.05, 0) is 78.9 Å². The molecule has 4 aromatic carbocycles. The Kier molecular flexibility index (Phi) is 10.3. The van der Waals surface area contributed by atoms with E-state index < -0.39 is 11.7 Å². The molecule has 2 N–H and O–H groups in total. The normalized spacial score (nSPS) is 15.1. The van der Waals surface area contributed by atoms with Crippen molar-refractivity contribution >= 4 is 17.3 Å². The molecule has 0 aromatic heterocycles. The van der Waals surface area contributed by atoms with Gasteiger partial charge < -0.3 is 20.1 Å². The molecule has 6 nitrogen and oxygen atoms in total. The first-order valence-electron chi connectivity index (χ1n) is 14.7. The lowest BCUT2D eigenvalue weighted by atomic mass is 9.98. The van der Waals surface area contributed by atoms with E-state index in [-0.39, 0.29) is 18.9 Å². The minimum atomic E-state index is -4.42. The summed E-state index contributed by atoms with van der Waals surface area (Å²) in [5, 5.41) is 6.52. The number of piperidine rings is 1. The van der Waals surface area contributed by atoms with Gasteiger partial charge in [0, 0.05) is 42.7 Å². The summed E-state index contributed by atoms with van der Waals surface area (Å²) in [6, 6.07) is 29.7. The average molecular weight is 604 g/mol. The summed E-state index contributed by atoms with van der Waals surface area (Å²) in [4.78, 5) is 15.5. The zero-order valence-corrected chi connectivity index (χ0v) is 24.5. The van der Waals surface area contributed by atoms with Crippen molar-refractivity contribution in [3.8, 4) is 11.1 Å². The largest absolute Gasteiger partial charge is 0.416 e. The molecule has 0 aliphatic carbocycles. The van der Waals surface area contributed by atoms with E-state index in [1.54, 1.807) is 24.3 Å². The molecular weight excluding hydrogens is 567 g/mol. The van der Waals surface area contributed by atoms with Crippen molar-refractivity contribution in [1.82, 2.24) is 4.90 Å². The smallest absolute Gasteiger partial charge is 0.382 e. The van der Waals surface area contributed by atoms with Gasteiger partial charge in [0.2, 0.25) is 0 Å². The number of halogens is 3. The predicted molar refractivity (Wildman–Crippen MR) is 166 cm³/mol. The number of ether oxygens (including phenoxy) is 2. The summed E-state index contributed by atoms with van der Waals surface area (Å²) in [5.41, 5.74) is 3.42. The summed E-state index contributed by atoms with van der Waals surface area (Å²) < 4.78 is 50.6. The van der Waals surface area contributed by atoms with Gasteiger partial charge in [-0.2, -0.15) is 13.2 Å². The second kappa shape index (κ2) is 14.5. The second-order valence-electron chi connectivity index (χ2n) is 10.6. The van der Waals surface area contributed by atoms with Crippen molar-refractivity contribution < 1.29 is 27.4 Å². The van der Waals surface area contributed by atoms with Crippen molar-refractivity contribution in [3.63, 3.8) is 0 Å². The summed E-state index contributed by atoms with van der Waals surface area (Å²) in [7, 11) is 0. The number of benzene rings is 4. The Morgan fingerprint density at radius 3 is 2.16 bits per heavy atom. The van der Waals surface area contributed by atoms with Crippen molar-refractivity contribution in [2.24, 2.45) is 0 Å². The third kappa shape index (κ3) is 8.05. The first-order chi connectivity index (χ1) is 21.3. The lowest BCUT2D eigenvalue weighted by Crippen LogP contribution is -2.42. The zero-order valence-electron chi connectivity index (χ0n) is 24.5. The molecule has 1 aliphatic heterocycles. The number of rotatable bonds is 11. The number of carbonyl (C=O) groups is 1. The molecule has 0 saturated carbocycles. The molecule has 1 saturated heterocycles. The number of hydrogen-bond acceptors (Lipinski definition) is 5. The molecule has 1 heterocycles. The van der Waals surface area contributed by atoms with E-state index in [0.717, 1.165) is 49.3 Å². The first-order valence-corrected chi connectivity index (χ1v) is 14.7. The van der Waals surface area contributed by atoms with Gasteiger partial charge in [0.25, 0.3) is 5.91 Å². The standard InChI is InChI=1S/C35H36F3N3O3/c1-2-43-24-44-34(26-8-4-3-5-9-26)41-22-20-30(21-23-41)39-28-16-18-29(19-17-28)40-33(42)32-11-7-6-10-31(32)25-12-14-27(15-13-25)35(36,37)38/h3-19,30,34,39H,2,20-24H2,1H3,(H,40,42). The predicted octanol–water partition coefficient (Wildman–Crippen LogP) is 8.21. The van der Waals surface area contributed by atoms with Crippen LogP contribution >= 0.6 is 0 Å². The molecule has 44 heavy (non-hydrogen) atoms. The van der Waals surface area contributed by atoms with Crippen LogP contribution in [0.25, 0.3) is 11.1 Å². The number of amides is 1. The van der Waals surface area contributed by atoms with Crippen LogP contribution in [0.15, 0.2) is 103 Å². The SMILES string of the molecule is CCOCOC(c1ccccc1)N1CCC(Nc2ccc(NC(=O)c3ccccc3-c3ccc(C(F)(F)F)cc3)cc2)CC1. The molecule has 1 aliphatic rings. The minimum absolute atomic E-state index is 0.157. The van der Waals surface area contributed by atoms with Crippen LogP contribution in [0.5, 0.6) is 0 Å². The lowest BCUT2D eigenvalue weighted by molar-refractivity contribution is -0.147. The molecule has 9 heteroatoms. The van der Waals surface area contributed by atoms with E-state index in [4.69, 9.17) is 9.47 Å². The van der Waals surface area contributed by atoms with Crippen LogP contribution in [0.2, 0.25) is 0 Å². The number of likely N-dealkylation sites (tertiary alicyclic amines) is 1. The number of nitrogens with one attached hydrogen (secondary N) is 2. The number of alkyl halides is 3. The number of hydrogen-bond donors (Lipinski definition) is 2. The number of nitrogens with zero attached hydrogens (tertiary/aromatic N) is 1. The highest BCUT2D eigenvalue weighted by Gasteiger charge is 2.30. The lowest BCUT2D eigenvalue weighted by Gasteiger charge is -2.37. The van der Waals surface area contributed by atoms with Crippen LogP contribution in [-0.4, -0.2) is 43.3 Å².